The lowest BCUT2D eigenvalue weighted by Crippen LogP contribution is -2.29. The van der Waals surface area contributed by atoms with Crippen LogP contribution in [0.3, 0.4) is 0 Å². The van der Waals surface area contributed by atoms with Crippen molar-refractivity contribution in [3.63, 3.8) is 0 Å². The molecule has 6 rings (SSSR count). The number of aryl methyl sites for hydroxylation is 2. The van der Waals surface area contributed by atoms with Gasteiger partial charge in [-0.25, -0.2) is 0 Å². The number of hydrogen-bond acceptors (Lipinski definition) is 5. The van der Waals surface area contributed by atoms with Crippen molar-refractivity contribution in [1.29, 1.82) is 0 Å². The predicted molar refractivity (Wildman–Crippen MR) is 121 cm³/mol. The van der Waals surface area contributed by atoms with Crippen LogP contribution in [-0.4, -0.2) is 53.0 Å². The Morgan fingerprint density at radius 1 is 1.07 bits per heavy atom. The molecule has 2 aromatic heterocycles. The minimum Gasteiger partial charge on any atom is -0.378 e. The summed E-state index contributed by atoms with van der Waals surface area (Å²) >= 11 is 0. The van der Waals surface area contributed by atoms with Crippen LogP contribution >= 0.6 is 0 Å². The summed E-state index contributed by atoms with van der Waals surface area (Å²) in [5.74, 6) is 2.88. The SMILES string of the molecule is COCc1nnc(NCCCCN2CC3CCC(CC3)C2)c2cc3n(c12)CCCC3. The summed E-state index contributed by atoms with van der Waals surface area (Å²) in [6.07, 6.45) is 12.0. The van der Waals surface area contributed by atoms with Crippen LogP contribution in [0, 0.1) is 11.8 Å². The van der Waals surface area contributed by atoms with Gasteiger partial charge >= 0.3 is 0 Å². The fourth-order valence-electron chi connectivity index (χ4n) is 5.96. The van der Waals surface area contributed by atoms with Crippen LogP contribution < -0.4 is 5.32 Å². The largest absolute Gasteiger partial charge is 0.378 e. The number of fused-ring (bicyclic) bond motifs is 7. The molecule has 2 bridgehead atoms. The Morgan fingerprint density at radius 2 is 1.87 bits per heavy atom. The first-order chi connectivity index (χ1) is 14.8. The lowest BCUT2D eigenvalue weighted by atomic mass is 9.84. The van der Waals surface area contributed by atoms with E-state index >= 15 is 0 Å². The Labute approximate surface area is 180 Å². The number of ether oxygens (including phenoxy) is 1. The summed E-state index contributed by atoms with van der Waals surface area (Å²) < 4.78 is 7.84. The Hall–Kier alpha value is -1.66. The van der Waals surface area contributed by atoms with Gasteiger partial charge in [0, 0.05) is 44.4 Å². The number of hydrogen-bond donors (Lipinski definition) is 1. The maximum atomic E-state index is 5.39. The first-order valence-corrected chi connectivity index (χ1v) is 12.1. The van der Waals surface area contributed by atoms with Gasteiger partial charge in [-0.05, 0) is 82.2 Å². The van der Waals surface area contributed by atoms with E-state index in [9.17, 15) is 0 Å². The van der Waals surface area contributed by atoms with Gasteiger partial charge in [0.2, 0.25) is 0 Å². The molecule has 6 heteroatoms. The van der Waals surface area contributed by atoms with Crippen molar-refractivity contribution in [2.24, 2.45) is 11.8 Å². The zero-order chi connectivity index (χ0) is 20.3. The van der Waals surface area contributed by atoms with Crippen molar-refractivity contribution in [3.8, 4) is 0 Å². The normalized spacial score (nSPS) is 24.2. The summed E-state index contributed by atoms with van der Waals surface area (Å²) in [7, 11) is 1.73. The van der Waals surface area contributed by atoms with Crippen molar-refractivity contribution in [2.75, 3.05) is 38.6 Å². The van der Waals surface area contributed by atoms with E-state index in [1.807, 2.05) is 0 Å². The molecule has 1 saturated carbocycles. The Morgan fingerprint density at radius 3 is 2.63 bits per heavy atom. The van der Waals surface area contributed by atoms with Crippen LogP contribution in [0.4, 0.5) is 5.82 Å². The maximum absolute atomic E-state index is 5.39. The van der Waals surface area contributed by atoms with E-state index in [-0.39, 0.29) is 0 Å². The standard InChI is InChI=1S/C24H37N5O/c1-30-17-22-23-21(14-20-6-2-4-13-29(20)23)24(27-26-22)25-11-3-5-12-28-15-18-7-8-19(16-28)10-9-18/h14,18-19H,2-13,15-17H2,1H3,(H,25,27). The molecule has 4 aliphatic rings. The first-order valence-electron chi connectivity index (χ1n) is 12.1. The van der Waals surface area contributed by atoms with Gasteiger partial charge < -0.3 is 19.5 Å². The molecule has 0 amide bonds. The third-order valence-electron chi connectivity index (χ3n) is 7.52. The van der Waals surface area contributed by atoms with Crippen molar-refractivity contribution in [1.82, 2.24) is 19.7 Å². The van der Waals surface area contributed by atoms with E-state index in [4.69, 9.17) is 4.74 Å². The molecule has 0 unspecified atom stereocenters. The number of anilines is 1. The second-order valence-corrected chi connectivity index (χ2v) is 9.72. The molecular weight excluding hydrogens is 374 g/mol. The fourth-order valence-corrected chi connectivity index (χ4v) is 5.96. The summed E-state index contributed by atoms with van der Waals surface area (Å²) in [5, 5.41) is 13.9. The van der Waals surface area contributed by atoms with Gasteiger partial charge in [-0.15, -0.1) is 10.2 Å². The van der Waals surface area contributed by atoms with Crippen molar-refractivity contribution in [2.45, 2.75) is 70.9 Å². The molecule has 0 radical (unpaired) electrons. The number of nitrogens with zero attached hydrogens (tertiary/aromatic N) is 4. The minimum absolute atomic E-state index is 0.519. The number of rotatable bonds is 8. The highest BCUT2D eigenvalue weighted by atomic mass is 16.5. The van der Waals surface area contributed by atoms with Crippen LogP contribution in [0.25, 0.3) is 10.9 Å². The van der Waals surface area contributed by atoms with Gasteiger partial charge in [-0.1, -0.05) is 0 Å². The van der Waals surface area contributed by atoms with E-state index in [1.165, 1.54) is 87.6 Å². The molecule has 2 aromatic rings. The van der Waals surface area contributed by atoms with E-state index in [2.05, 4.69) is 31.0 Å². The smallest absolute Gasteiger partial charge is 0.158 e. The molecule has 0 spiro atoms. The molecule has 1 N–H and O–H groups in total. The first kappa shape index (κ1) is 20.3. The highest BCUT2D eigenvalue weighted by Gasteiger charge is 2.28. The van der Waals surface area contributed by atoms with Crippen LogP contribution in [0.15, 0.2) is 6.07 Å². The third kappa shape index (κ3) is 4.22. The van der Waals surface area contributed by atoms with Gasteiger partial charge in [-0.3, -0.25) is 0 Å². The Kier molecular flexibility index (Phi) is 6.23. The highest BCUT2D eigenvalue weighted by Crippen LogP contribution is 2.34. The summed E-state index contributed by atoms with van der Waals surface area (Å²) in [4.78, 5) is 2.74. The van der Waals surface area contributed by atoms with Crippen LogP contribution in [0.5, 0.6) is 0 Å². The number of methoxy groups -OCH3 is 1. The topological polar surface area (TPSA) is 55.2 Å². The van der Waals surface area contributed by atoms with Crippen molar-refractivity contribution < 1.29 is 4.74 Å². The highest BCUT2D eigenvalue weighted by molar-refractivity contribution is 5.92. The van der Waals surface area contributed by atoms with Crippen LogP contribution in [-0.2, 0) is 24.3 Å². The number of unbranched alkanes of at least 4 members (excludes halogenated alkanes) is 1. The second kappa shape index (κ2) is 9.23. The van der Waals surface area contributed by atoms with Crippen LogP contribution in [0.2, 0.25) is 0 Å². The average Bonchev–Trinajstić information content (AvgIpc) is 2.91. The molecular formula is C24H37N5O. The lowest BCUT2D eigenvalue weighted by molar-refractivity contribution is 0.181. The maximum Gasteiger partial charge on any atom is 0.158 e. The molecule has 6 nitrogen and oxygen atoms in total. The van der Waals surface area contributed by atoms with Gasteiger partial charge in [0.05, 0.1) is 12.1 Å². The molecule has 5 heterocycles. The molecule has 1 aliphatic carbocycles. The Bertz CT molecular complexity index is 841. The molecule has 30 heavy (non-hydrogen) atoms. The Balaban J connectivity index is 1.19. The average molecular weight is 412 g/mol. The number of nitrogens with one attached hydrogen (secondary N) is 1. The van der Waals surface area contributed by atoms with Gasteiger partial charge in [0.15, 0.2) is 5.82 Å². The van der Waals surface area contributed by atoms with E-state index < -0.39 is 0 Å². The fraction of sp³-hybridized carbons (Fsp3) is 0.750. The van der Waals surface area contributed by atoms with Gasteiger partial charge in [-0.2, -0.15) is 0 Å². The van der Waals surface area contributed by atoms with Gasteiger partial charge in [0.1, 0.15) is 5.69 Å². The van der Waals surface area contributed by atoms with E-state index in [1.54, 1.807) is 7.11 Å². The molecule has 3 fully saturated rings. The quantitative estimate of drug-likeness (QED) is 0.659. The minimum atomic E-state index is 0.519. The van der Waals surface area contributed by atoms with E-state index in [0.29, 0.717) is 6.61 Å². The summed E-state index contributed by atoms with van der Waals surface area (Å²) in [6, 6.07) is 2.33. The third-order valence-corrected chi connectivity index (χ3v) is 7.52. The lowest BCUT2D eigenvalue weighted by Gasteiger charge is -2.22. The van der Waals surface area contributed by atoms with E-state index in [0.717, 1.165) is 42.9 Å². The molecule has 164 valence electrons. The molecule has 0 atom stereocenters. The molecule has 3 aliphatic heterocycles. The summed E-state index contributed by atoms with van der Waals surface area (Å²) in [6.45, 7) is 6.50. The monoisotopic (exact) mass is 411 g/mol. The molecule has 0 aromatic carbocycles. The zero-order valence-electron chi connectivity index (χ0n) is 18.5. The van der Waals surface area contributed by atoms with Crippen LogP contribution in [0.1, 0.15) is 62.8 Å². The van der Waals surface area contributed by atoms with Crippen molar-refractivity contribution in [3.05, 3.63) is 17.5 Å². The van der Waals surface area contributed by atoms with Gasteiger partial charge in [0.25, 0.3) is 0 Å². The predicted octanol–water partition coefficient (Wildman–Crippen LogP) is 4.23. The molecule has 2 saturated heterocycles. The summed E-state index contributed by atoms with van der Waals surface area (Å²) in [5.41, 5.74) is 3.60. The number of aromatic nitrogens is 3. The van der Waals surface area contributed by atoms with Crippen molar-refractivity contribution >= 4 is 16.7 Å². The second-order valence-electron chi connectivity index (χ2n) is 9.72. The zero-order valence-corrected chi connectivity index (χ0v) is 18.5.